The van der Waals surface area contributed by atoms with E-state index in [0.717, 1.165) is 19.3 Å². The number of hydrogen-bond acceptors (Lipinski definition) is 3. The third-order valence-electron chi connectivity index (χ3n) is 4.74. The summed E-state index contributed by atoms with van der Waals surface area (Å²) in [5.74, 6) is 0.666. The van der Waals surface area contributed by atoms with Gasteiger partial charge in [-0.25, -0.2) is 5.01 Å². The number of carbonyl (C=O) groups excluding carboxylic acids is 1. The van der Waals surface area contributed by atoms with Crippen molar-refractivity contribution in [1.82, 2.24) is 10.4 Å². The zero-order valence-corrected chi connectivity index (χ0v) is 12.4. The van der Waals surface area contributed by atoms with Crippen molar-refractivity contribution < 1.29 is 4.79 Å². The molecule has 4 unspecified atom stereocenters. The van der Waals surface area contributed by atoms with Crippen molar-refractivity contribution in [3.63, 3.8) is 0 Å². The van der Waals surface area contributed by atoms with Gasteiger partial charge in [-0.1, -0.05) is 12.8 Å². The van der Waals surface area contributed by atoms with E-state index in [1.807, 2.05) is 0 Å². The van der Waals surface area contributed by atoms with Gasteiger partial charge in [0, 0.05) is 24.5 Å². The zero-order chi connectivity index (χ0) is 13.8. The van der Waals surface area contributed by atoms with Gasteiger partial charge in [-0.15, -0.1) is 0 Å². The van der Waals surface area contributed by atoms with Crippen LogP contribution in [0.4, 0.5) is 0 Å². The Bertz CT molecular complexity index is 298. The minimum Gasteiger partial charge on any atom is -0.328 e. The van der Waals surface area contributed by atoms with Crippen LogP contribution in [0, 0.1) is 5.92 Å². The summed E-state index contributed by atoms with van der Waals surface area (Å²) in [5.41, 5.74) is 9.12. The second kappa shape index (κ2) is 6.71. The Morgan fingerprint density at radius 1 is 1.16 bits per heavy atom. The average molecular weight is 267 g/mol. The Hall–Kier alpha value is -0.610. The molecule has 2 aliphatic rings. The molecule has 1 saturated carbocycles. The highest BCUT2D eigenvalue weighted by Crippen LogP contribution is 2.26. The predicted molar refractivity (Wildman–Crippen MR) is 77.3 cm³/mol. The quantitative estimate of drug-likeness (QED) is 0.824. The largest absolute Gasteiger partial charge is 0.328 e. The lowest BCUT2D eigenvalue weighted by Gasteiger charge is -2.39. The van der Waals surface area contributed by atoms with E-state index >= 15 is 0 Å². The first-order valence-corrected chi connectivity index (χ1v) is 7.89. The summed E-state index contributed by atoms with van der Waals surface area (Å²) in [6.07, 6.45) is 8.74. The molecule has 1 heterocycles. The Labute approximate surface area is 117 Å². The summed E-state index contributed by atoms with van der Waals surface area (Å²) in [7, 11) is 0. The molecule has 1 aliphatic carbocycles. The van der Waals surface area contributed by atoms with Crippen LogP contribution < -0.4 is 11.2 Å². The summed E-state index contributed by atoms with van der Waals surface area (Å²) in [4.78, 5) is 12.2. The molecule has 110 valence electrons. The van der Waals surface area contributed by atoms with Crippen molar-refractivity contribution in [3.8, 4) is 0 Å². The maximum absolute atomic E-state index is 12.2. The van der Waals surface area contributed by atoms with Crippen LogP contribution in [-0.2, 0) is 4.79 Å². The van der Waals surface area contributed by atoms with Crippen molar-refractivity contribution in [2.75, 3.05) is 0 Å². The van der Waals surface area contributed by atoms with Gasteiger partial charge in [-0.3, -0.25) is 10.2 Å². The predicted octanol–water partition coefficient (Wildman–Crippen LogP) is 2.19. The van der Waals surface area contributed by atoms with Crippen LogP contribution >= 0.6 is 0 Å². The van der Waals surface area contributed by atoms with Gasteiger partial charge < -0.3 is 5.73 Å². The average Bonchev–Trinajstić information content (AvgIpc) is 2.34. The molecule has 0 bridgehead atoms. The topological polar surface area (TPSA) is 58.4 Å². The van der Waals surface area contributed by atoms with E-state index in [0.29, 0.717) is 30.5 Å². The van der Waals surface area contributed by atoms with Crippen molar-refractivity contribution in [1.29, 1.82) is 0 Å². The van der Waals surface area contributed by atoms with Gasteiger partial charge in [0.2, 0.25) is 5.91 Å². The van der Waals surface area contributed by atoms with Gasteiger partial charge >= 0.3 is 0 Å². The van der Waals surface area contributed by atoms with E-state index in [1.165, 1.54) is 25.7 Å². The summed E-state index contributed by atoms with van der Waals surface area (Å²) < 4.78 is 0. The van der Waals surface area contributed by atoms with Gasteiger partial charge in [0.1, 0.15) is 0 Å². The van der Waals surface area contributed by atoms with Crippen molar-refractivity contribution in [3.05, 3.63) is 0 Å². The number of rotatable bonds is 3. The number of hydrazine groups is 1. The van der Waals surface area contributed by atoms with E-state index in [-0.39, 0.29) is 5.91 Å². The summed E-state index contributed by atoms with van der Waals surface area (Å²) in [6.45, 7) is 4.40. The fourth-order valence-electron chi connectivity index (χ4n) is 3.61. The number of hydrogen-bond donors (Lipinski definition) is 2. The summed E-state index contributed by atoms with van der Waals surface area (Å²) >= 11 is 0. The number of carbonyl (C=O) groups is 1. The molecule has 4 atom stereocenters. The molecule has 3 N–H and O–H groups in total. The minimum absolute atomic E-state index is 0.180. The normalized spacial score (nSPS) is 37.0. The Morgan fingerprint density at radius 3 is 2.42 bits per heavy atom. The van der Waals surface area contributed by atoms with Crippen molar-refractivity contribution in [2.24, 2.45) is 11.7 Å². The van der Waals surface area contributed by atoms with Crippen LogP contribution in [0.1, 0.15) is 65.2 Å². The highest BCUT2D eigenvalue weighted by Gasteiger charge is 2.27. The van der Waals surface area contributed by atoms with Gasteiger partial charge in [0.25, 0.3) is 0 Å². The van der Waals surface area contributed by atoms with Gasteiger partial charge in [0.15, 0.2) is 0 Å². The van der Waals surface area contributed by atoms with Crippen molar-refractivity contribution >= 4 is 5.91 Å². The molecule has 1 amide bonds. The fraction of sp³-hybridized carbons (Fsp3) is 0.933. The molecule has 0 aromatic rings. The second-order valence-corrected chi connectivity index (χ2v) is 6.57. The van der Waals surface area contributed by atoms with Crippen LogP contribution in [0.2, 0.25) is 0 Å². The molecule has 1 aliphatic heterocycles. The highest BCUT2D eigenvalue weighted by molar-refractivity contribution is 5.75. The smallest absolute Gasteiger partial charge is 0.234 e. The lowest BCUT2D eigenvalue weighted by Crippen LogP contribution is -2.54. The first-order valence-electron chi connectivity index (χ1n) is 7.89. The van der Waals surface area contributed by atoms with Crippen LogP contribution in [-0.4, -0.2) is 29.0 Å². The highest BCUT2D eigenvalue weighted by atomic mass is 16.2. The Balaban J connectivity index is 1.79. The zero-order valence-electron chi connectivity index (χ0n) is 12.4. The third kappa shape index (κ3) is 4.18. The molecule has 4 nitrogen and oxygen atoms in total. The van der Waals surface area contributed by atoms with E-state index < -0.39 is 0 Å². The number of amides is 1. The Morgan fingerprint density at radius 2 is 1.79 bits per heavy atom. The lowest BCUT2D eigenvalue weighted by molar-refractivity contribution is -0.130. The SMILES string of the molecule is CC1CCCC(C)N1NC(=O)CC1CCCC(N)C1. The molecule has 0 radical (unpaired) electrons. The molecule has 0 spiro atoms. The molecule has 1 saturated heterocycles. The van der Waals surface area contributed by atoms with Crippen LogP contribution in [0.25, 0.3) is 0 Å². The summed E-state index contributed by atoms with van der Waals surface area (Å²) in [6, 6.07) is 1.22. The molecular formula is C15H29N3O. The standard InChI is InChI=1S/C15H29N3O/c1-11-5-3-6-12(2)18(11)17-15(19)10-13-7-4-8-14(16)9-13/h11-14H,3-10,16H2,1-2H3,(H,17,19). The lowest BCUT2D eigenvalue weighted by atomic mass is 9.84. The monoisotopic (exact) mass is 267 g/mol. The summed E-state index contributed by atoms with van der Waals surface area (Å²) in [5, 5.41) is 2.16. The third-order valence-corrected chi connectivity index (χ3v) is 4.74. The van der Waals surface area contributed by atoms with Crippen LogP contribution in [0.5, 0.6) is 0 Å². The fourth-order valence-corrected chi connectivity index (χ4v) is 3.61. The van der Waals surface area contributed by atoms with Gasteiger partial charge in [-0.2, -0.15) is 0 Å². The van der Waals surface area contributed by atoms with E-state index in [4.69, 9.17) is 5.73 Å². The molecule has 4 heteroatoms. The second-order valence-electron chi connectivity index (χ2n) is 6.57. The van der Waals surface area contributed by atoms with E-state index in [9.17, 15) is 4.79 Å². The number of nitrogens with zero attached hydrogens (tertiary/aromatic N) is 1. The molecule has 19 heavy (non-hydrogen) atoms. The first kappa shape index (κ1) is 14.8. The Kier molecular flexibility index (Phi) is 5.22. The van der Waals surface area contributed by atoms with Gasteiger partial charge in [-0.05, 0) is 51.9 Å². The van der Waals surface area contributed by atoms with E-state index in [1.54, 1.807) is 0 Å². The van der Waals surface area contributed by atoms with Crippen LogP contribution in [0.3, 0.4) is 0 Å². The maximum atomic E-state index is 12.2. The number of nitrogens with one attached hydrogen (secondary N) is 1. The minimum atomic E-state index is 0.180. The molecular weight excluding hydrogens is 238 g/mol. The van der Waals surface area contributed by atoms with Gasteiger partial charge in [0.05, 0.1) is 0 Å². The molecule has 0 aromatic heterocycles. The molecule has 0 aromatic carbocycles. The number of nitrogens with two attached hydrogens (primary N) is 1. The maximum Gasteiger partial charge on any atom is 0.234 e. The van der Waals surface area contributed by atoms with E-state index in [2.05, 4.69) is 24.3 Å². The molecule has 2 fully saturated rings. The first-order chi connectivity index (χ1) is 9.06. The molecule has 2 rings (SSSR count). The van der Waals surface area contributed by atoms with Crippen molar-refractivity contribution in [2.45, 2.75) is 83.3 Å². The number of piperidine rings is 1. The van der Waals surface area contributed by atoms with Crippen LogP contribution in [0.15, 0.2) is 0 Å².